The second-order valence-electron chi connectivity index (χ2n) is 3.11. The zero-order valence-corrected chi connectivity index (χ0v) is 8.16. The van der Waals surface area contributed by atoms with Gasteiger partial charge in [-0.05, 0) is 29.8 Å². The van der Waals surface area contributed by atoms with Crippen molar-refractivity contribution in [1.82, 2.24) is 5.48 Å². The predicted molar refractivity (Wildman–Crippen MR) is 58.3 cm³/mol. The molecule has 1 N–H and O–H groups in total. The SMILES string of the molecule is CCNOc1ccc2ccccc2c1. The molecule has 0 heterocycles. The summed E-state index contributed by atoms with van der Waals surface area (Å²) in [6.45, 7) is 2.80. The van der Waals surface area contributed by atoms with Crippen molar-refractivity contribution in [3.05, 3.63) is 42.5 Å². The molecule has 0 atom stereocenters. The first-order valence-electron chi connectivity index (χ1n) is 4.78. The number of hydrogen-bond acceptors (Lipinski definition) is 2. The zero-order valence-electron chi connectivity index (χ0n) is 8.16. The van der Waals surface area contributed by atoms with Crippen molar-refractivity contribution in [2.75, 3.05) is 6.54 Å². The van der Waals surface area contributed by atoms with Crippen molar-refractivity contribution in [3.63, 3.8) is 0 Å². The third-order valence-electron chi connectivity index (χ3n) is 2.06. The Hall–Kier alpha value is -1.54. The highest BCUT2D eigenvalue weighted by Crippen LogP contribution is 2.19. The van der Waals surface area contributed by atoms with Crippen LogP contribution >= 0.6 is 0 Å². The molecule has 14 heavy (non-hydrogen) atoms. The molecular formula is C12H13NO. The fourth-order valence-corrected chi connectivity index (χ4v) is 1.39. The lowest BCUT2D eigenvalue weighted by molar-refractivity contribution is 0.203. The fraction of sp³-hybridized carbons (Fsp3) is 0.167. The normalized spacial score (nSPS) is 10.4. The van der Waals surface area contributed by atoms with E-state index in [9.17, 15) is 0 Å². The van der Waals surface area contributed by atoms with Crippen molar-refractivity contribution >= 4 is 10.8 Å². The molecule has 0 saturated heterocycles. The number of hydroxylamine groups is 1. The Morgan fingerprint density at radius 1 is 1.07 bits per heavy atom. The molecule has 0 aliphatic heterocycles. The van der Waals surface area contributed by atoms with Gasteiger partial charge in [-0.2, -0.15) is 5.48 Å². The van der Waals surface area contributed by atoms with Crippen LogP contribution in [0.1, 0.15) is 6.92 Å². The van der Waals surface area contributed by atoms with Gasteiger partial charge in [0.2, 0.25) is 0 Å². The highest BCUT2D eigenvalue weighted by atomic mass is 16.6. The van der Waals surface area contributed by atoms with E-state index < -0.39 is 0 Å². The molecule has 0 unspecified atom stereocenters. The van der Waals surface area contributed by atoms with Crippen LogP contribution in [0.15, 0.2) is 42.5 Å². The van der Waals surface area contributed by atoms with Crippen molar-refractivity contribution < 1.29 is 4.84 Å². The van der Waals surface area contributed by atoms with Gasteiger partial charge in [0, 0.05) is 6.54 Å². The molecule has 2 aromatic carbocycles. The fourth-order valence-electron chi connectivity index (χ4n) is 1.39. The van der Waals surface area contributed by atoms with Crippen molar-refractivity contribution in [2.24, 2.45) is 0 Å². The molecule has 72 valence electrons. The minimum atomic E-state index is 0.798. The van der Waals surface area contributed by atoms with Crippen LogP contribution in [0, 0.1) is 0 Å². The smallest absolute Gasteiger partial charge is 0.147 e. The Labute approximate surface area is 83.5 Å². The van der Waals surface area contributed by atoms with Gasteiger partial charge in [-0.3, -0.25) is 0 Å². The Balaban J connectivity index is 2.32. The van der Waals surface area contributed by atoms with E-state index in [4.69, 9.17) is 4.84 Å². The summed E-state index contributed by atoms with van der Waals surface area (Å²) in [5, 5.41) is 2.43. The van der Waals surface area contributed by atoms with E-state index in [1.54, 1.807) is 0 Å². The molecule has 2 nitrogen and oxygen atoms in total. The van der Waals surface area contributed by atoms with E-state index in [0.29, 0.717) is 0 Å². The maximum atomic E-state index is 5.31. The molecule has 0 fully saturated rings. The van der Waals surface area contributed by atoms with Crippen molar-refractivity contribution in [3.8, 4) is 5.75 Å². The molecule has 0 aliphatic carbocycles. The third-order valence-corrected chi connectivity index (χ3v) is 2.06. The maximum Gasteiger partial charge on any atom is 0.147 e. The van der Waals surface area contributed by atoms with E-state index in [1.165, 1.54) is 10.8 Å². The van der Waals surface area contributed by atoms with Crippen LogP contribution < -0.4 is 10.3 Å². The standard InChI is InChI=1S/C12H13NO/c1-2-13-14-12-8-7-10-5-3-4-6-11(10)9-12/h3-9,13H,2H2,1H3. The number of fused-ring (bicyclic) bond motifs is 1. The van der Waals surface area contributed by atoms with Gasteiger partial charge in [-0.1, -0.05) is 30.3 Å². The predicted octanol–water partition coefficient (Wildman–Crippen LogP) is 2.74. The molecule has 0 aliphatic rings. The highest BCUT2D eigenvalue weighted by molar-refractivity contribution is 5.83. The van der Waals surface area contributed by atoms with Crippen LogP contribution in [0.5, 0.6) is 5.75 Å². The summed E-state index contributed by atoms with van der Waals surface area (Å²) in [6, 6.07) is 14.3. The first kappa shape index (κ1) is 9.03. The highest BCUT2D eigenvalue weighted by Gasteiger charge is 1.95. The van der Waals surface area contributed by atoms with Gasteiger partial charge in [0.15, 0.2) is 0 Å². The van der Waals surface area contributed by atoms with Crippen molar-refractivity contribution in [1.29, 1.82) is 0 Å². The second kappa shape index (κ2) is 4.11. The van der Waals surface area contributed by atoms with E-state index in [0.717, 1.165) is 12.3 Å². The molecule has 0 spiro atoms. The lowest BCUT2D eigenvalue weighted by Gasteiger charge is -2.05. The number of hydrogen-bond donors (Lipinski definition) is 1. The quantitative estimate of drug-likeness (QED) is 0.746. The first-order chi connectivity index (χ1) is 6.90. The van der Waals surface area contributed by atoms with Crippen molar-refractivity contribution in [2.45, 2.75) is 6.92 Å². The minimum absolute atomic E-state index is 0.798. The summed E-state index contributed by atoms with van der Waals surface area (Å²) in [7, 11) is 0. The third kappa shape index (κ3) is 1.86. The Morgan fingerprint density at radius 3 is 2.64 bits per heavy atom. The van der Waals surface area contributed by atoms with Crippen LogP contribution in [0.2, 0.25) is 0 Å². The summed E-state index contributed by atoms with van der Waals surface area (Å²) in [6.07, 6.45) is 0. The molecule has 0 bridgehead atoms. The van der Waals surface area contributed by atoms with E-state index >= 15 is 0 Å². The van der Waals surface area contributed by atoms with E-state index in [1.807, 2.05) is 31.2 Å². The summed E-state index contributed by atoms with van der Waals surface area (Å²) in [5.74, 6) is 0.852. The van der Waals surface area contributed by atoms with Crippen LogP contribution in [0.25, 0.3) is 10.8 Å². The largest absolute Gasteiger partial charge is 0.409 e. The van der Waals surface area contributed by atoms with Gasteiger partial charge >= 0.3 is 0 Å². The molecule has 0 aromatic heterocycles. The maximum absolute atomic E-state index is 5.31. The molecule has 2 rings (SSSR count). The summed E-state index contributed by atoms with van der Waals surface area (Å²) in [4.78, 5) is 5.31. The van der Waals surface area contributed by atoms with Gasteiger partial charge in [-0.25, -0.2) is 0 Å². The van der Waals surface area contributed by atoms with Gasteiger partial charge in [0.1, 0.15) is 5.75 Å². The second-order valence-corrected chi connectivity index (χ2v) is 3.11. The van der Waals surface area contributed by atoms with Gasteiger partial charge in [0.25, 0.3) is 0 Å². The summed E-state index contributed by atoms with van der Waals surface area (Å²) < 4.78 is 0. The lowest BCUT2D eigenvalue weighted by atomic mass is 10.1. The minimum Gasteiger partial charge on any atom is -0.409 e. The Morgan fingerprint density at radius 2 is 1.86 bits per heavy atom. The molecule has 0 radical (unpaired) electrons. The zero-order chi connectivity index (χ0) is 9.80. The van der Waals surface area contributed by atoms with E-state index in [2.05, 4.69) is 23.7 Å². The average Bonchev–Trinajstić information content (AvgIpc) is 2.26. The molecule has 0 saturated carbocycles. The van der Waals surface area contributed by atoms with E-state index in [-0.39, 0.29) is 0 Å². The molecular weight excluding hydrogens is 174 g/mol. The number of rotatable bonds is 3. The first-order valence-corrected chi connectivity index (χ1v) is 4.78. The topological polar surface area (TPSA) is 21.3 Å². The average molecular weight is 187 g/mol. The van der Waals surface area contributed by atoms with Crippen LogP contribution in [-0.2, 0) is 0 Å². The lowest BCUT2D eigenvalue weighted by Crippen LogP contribution is -2.16. The number of nitrogens with one attached hydrogen (secondary N) is 1. The molecule has 2 heteroatoms. The monoisotopic (exact) mass is 187 g/mol. The van der Waals surface area contributed by atoms with Gasteiger partial charge < -0.3 is 4.84 Å². The summed E-state index contributed by atoms with van der Waals surface area (Å²) in [5.41, 5.74) is 2.83. The molecule has 2 aromatic rings. The Bertz CT molecular complexity index is 425. The van der Waals surface area contributed by atoms with Crippen LogP contribution in [0.3, 0.4) is 0 Å². The number of benzene rings is 2. The summed E-state index contributed by atoms with van der Waals surface area (Å²) >= 11 is 0. The van der Waals surface area contributed by atoms with Crippen LogP contribution in [-0.4, -0.2) is 6.54 Å². The van der Waals surface area contributed by atoms with Gasteiger partial charge in [-0.15, -0.1) is 0 Å². The Kier molecular flexibility index (Phi) is 2.65. The molecule has 0 amide bonds. The van der Waals surface area contributed by atoms with Gasteiger partial charge in [0.05, 0.1) is 0 Å². The van der Waals surface area contributed by atoms with Crippen LogP contribution in [0.4, 0.5) is 0 Å².